The van der Waals surface area contributed by atoms with Crippen LogP contribution in [-0.2, 0) is 16.1 Å². The van der Waals surface area contributed by atoms with Crippen molar-refractivity contribution >= 4 is 33.7 Å². The molecule has 1 unspecified atom stereocenters. The van der Waals surface area contributed by atoms with Crippen molar-refractivity contribution in [1.82, 2.24) is 9.80 Å². The summed E-state index contributed by atoms with van der Waals surface area (Å²) in [6.45, 7) is 0.664. The summed E-state index contributed by atoms with van der Waals surface area (Å²) >= 11 is 0.639. The number of fused-ring (bicyclic) bond motifs is 1. The van der Waals surface area contributed by atoms with E-state index in [9.17, 15) is 14.4 Å². The standard InChI is InChI=1S/C20H19N3O5S/c21-14-6-7-16-15(10-14)17(24)22(12-28-16)8-9-27-18-19(25)29-20(26)23(18)11-13-4-2-1-3-5-13/h1-7,10,18H,8-9,11-12,21H2. The van der Waals surface area contributed by atoms with E-state index < -0.39 is 6.23 Å². The highest BCUT2D eigenvalue weighted by atomic mass is 32.2. The van der Waals surface area contributed by atoms with Crippen molar-refractivity contribution in [3.8, 4) is 5.75 Å². The number of nitrogens with two attached hydrogens (primary N) is 1. The molecule has 2 aliphatic heterocycles. The van der Waals surface area contributed by atoms with Crippen LogP contribution < -0.4 is 10.5 Å². The SMILES string of the molecule is Nc1ccc2c(c1)C(=O)N(CCOC1C(=O)SC(=O)N1Cc1ccccc1)CO2. The van der Waals surface area contributed by atoms with E-state index in [1.54, 1.807) is 18.2 Å². The lowest BCUT2D eigenvalue weighted by molar-refractivity contribution is -0.130. The van der Waals surface area contributed by atoms with E-state index in [4.69, 9.17) is 15.2 Å². The Morgan fingerprint density at radius 1 is 1.14 bits per heavy atom. The summed E-state index contributed by atoms with van der Waals surface area (Å²) in [6, 6.07) is 14.3. The van der Waals surface area contributed by atoms with Crippen LogP contribution in [-0.4, -0.2) is 52.2 Å². The zero-order valence-corrected chi connectivity index (χ0v) is 16.3. The minimum Gasteiger partial charge on any atom is -0.472 e. The van der Waals surface area contributed by atoms with Gasteiger partial charge in [0.15, 0.2) is 6.73 Å². The maximum absolute atomic E-state index is 12.6. The molecule has 2 aromatic carbocycles. The van der Waals surface area contributed by atoms with Gasteiger partial charge in [-0.25, -0.2) is 0 Å². The molecule has 0 aromatic heterocycles. The molecule has 2 amide bonds. The van der Waals surface area contributed by atoms with Gasteiger partial charge in [-0.2, -0.15) is 0 Å². The summed E-state index contributed by atoms with van der Waals surface area (Å²) in [5.41, 5.74) is 7.52. The predicted molar refractivity (Wildman–Crippen MR) is 107 cm³/mol. The third kappa shape index (κ3) is 4.06. The average molecular weight is 413 g/mol. The Labute approximate surface area is 171 Å². The number of carbonyl (C=O) groups excluding carboxylic acids is 3. The van der Waals surface area contributed by atoms with Gasteiger partial charge in [0.1, 0.15) is 5.75 Å². The zero-order valence-electron chi connectivity index (χ0n) is 15.4. The van der Waals surface area contributed by atoms with Gasteiger partial charge in [-0.1, -0.05) is 30.3 Å². The number of benzene rings is 2. The van der Waals surface area contributed by atoms with Crippen LogP contribution in [0.15, 0.2) is 48.5 Å². The molecule has 0 spiro atoms. The normalized spacial score (nSPS) is 18.8. The van der Waals surface area contributed by atoms with Gasteiger partial charge in [-0.15, -0.1) is 0 Å². The highest BCUT2D eigenvalue weighted by molar-refractivity contribution is 8.26. The molecule has 0 radical (unpaired) electrons. The van der Waals surface area contributed by atoms with Gasteiger partial charge in [0.2, 0.25) is 11.3 Å². The van der Waals surface area contributed by atoms with Crippen LogP contribution in [0.3, 0.4) is 0 Å². The molecule has 2 aromatic rings. The van der Waals surface area contributed by atoms with Crippen LogP contribution in [0, 0.1) is 0 Å². The molecular weight excluding hydrogens is 394 g/mol. The first kappa shape index (κ1) is 19.3. The van der Waals surface area contributed by atoms with Gasteiger partial charge >= 0.3 is 0 Å². The van der Waals surface area contributed by atoms with Crippen LogP contribution in [0.1, 0.15) is 15.9 Å². The summed E-state index contributed by atoms with van der Waals surface area (Å²) in [4.78, 5) is 39.8. The third-order valence-corrected chi connectivity index (χ3v) is 5.45. The maximum Gasteiger partial charge on any atom is 0.292 e. The lowest BCUT2D eigenvalue weighted by Crippen LogP contribution is -2.43. The van der Waals surface area contributed by atoms with Gasteiger partial charge in [0.25, 0.3) is 11.1 Å². The Balaban J connectivity index is 1.37. The Bertz CT molecular complexity index is 952. The number of hydrogen-bond acceptors (Lipinski definition) is 7. The highest BCUT2D eigenvalue weighted by Gasteiger charge is 2.40. The predicted octanol–water partition coefficient (Wildman–Crippen LogP) is 2.30. The van der Waals surface area contributed by atoms with Crippen molar-refractivity contribution < 1.29 is 23.9 Å². The number of anilines is 1. The number of nitrogen functional groups attached to an aromatic ring is 1. The second-order valence-electron chi connectivity index (χ2n) is 6.62. The lowest BCUT2D eigenvalue weighted by Gasteiger charge is -2.29. The summed E-state index contributed by atoms with van der Waals surface area (Å²) in [7, 11) is 0. The fourth-order valence-corrected chi connectivity index (χ4v) is 3.91. The van der Waals surface area contributed by atoms with Gasteiger partial charge in [-0.3, -0.25) is 19.3 Å². The first-order valence-corrected chi connectivity index (χ1v) is 9.84. The van der Waals surface area contributed by atoms with E-state index in [1.165, 1.54) is 9.80 Å². The van der Waals surface area contributed by atoms with E-state index in [-0.39, 0.29) is 42.7 Å². The lowest BCUT2D eigenvalue weighted by atomic mass is 10.1. The summed E-state index contributed by atoms with van der Waals surface area (Å²) < 4.78 is 11.3. The number of hydrogen-bond donors (Lipinski definition) is 1. The average Bonchev–Trinajstić information content (AvgIpc) is 2.98. The summed E-state index contributed by atoms with van der Waals surface area (Å²) in [6.07, 6.45) is -0.976. The first-order chi connectivity index (χ1) is 14.0. The van der Waals surface area contributed by atoms with Crippen molar-refractivity contribution in [2.24, 2.45) is 0 Å². The van der Waals surface area contributed by atoms with Crippen LogP contribution in [0.4, 0.5) is 10.5 Å². The number of ether oxygens (including phenoxy) is 2. The first-order valence-electron chi connectivity index (χ1n) is 9.02. The number of nitrogens with zero attached hydrogens (tertiary/aromatic N) is 2. The van der Waals surface area contributed by atoms with Gasteiger partial charge in [-0.05, 0) is 23.8 Å². The topological polar surface area (TPSA) is 102 Å². The number of thioether (sulfide) groups is 1. The van der Waals surface area contributed by atoms with E-state index in [0.717, 1.165) is 5.56 Å². The van der Waals surface area contributed by atoms with Gasteiger partial charge < -0.3 is 20.1 Å². The zero-order chi connectivity index (χ0) is 20.4. The van der Waals surface area contributed by atoms with Crippen molar-refractivity contribution in [2.45, 2.75) is 12.8 Å². The minimum atomic E-state index is -0.976. The monoisotopic (exact) mass is 413 g/mol. The third-order valence-electron chi connectivity index (χ3n) is 4.64. The second kappa shape index (κ2) is 8.14. The van der Waals surface area contributed by atoms with Gasteiger partial charge in [0, 0.05) is 30.5 Å². The molecule has 1 fully saturated rings. The number of amides is 2. The highest BCUT2D eigenvalue weighted by Crippen LogP contribution is 2.29. The quantitative estimate of drug-likeness (QED) is 0.725. The smallest absolute Gasteiger partial charge is 0.292 e. The molecule has 0 aliphatic carbocycles. The fraction of sp³-hybridized carbons (Fsp3) is 0.250. The summed E-state index contributed by atoms with van der Waals surface area (Å²) in [5.74, 6) is 0.273. The summed E-state index contributed by atoms with van der Waals surface area (Å²) in [5, 5.41) is -0.698. The molecule has 2 heterocycles. The van der Waals surface area contributed by atoms with Crippen LogP contribution in [0.25, 0.3) is 0 Å². The fourth-order valence-electron chi connectivity index (χ4n) is 3.16. The van der Waals surface area contributed by atoms with E-state index in [0.29, 0.717) is 28.8 Å². The van der Waals surface area contributed by atoms with Crippen molar-refractivity contribution in [2.75, 3.05) is 25.6 Å². The molecule has 150 valence electrons. The molecule has 2 aliphatic rings. The number of carbonyl (C=O) groups is 3. The van der Waals surface area contributed by atoms with Crippen molar-refractivity contribution in [3.05, 3.63) is 59.7 Å². The molecule has 29 heavy (non-hydrogen) atoms. The molecule has 8 nitrogen and oxygen atoms in total. The van der Waals surface area contributed by atoms with Crippen molar-refractivity contribution in [3.63, 3.8) is 0 Å². The van der Waals surface area contributed by atoms with Crippen LogP contribution >= 0.6 is 11.8 Å². The minimum absolute atomic E-state index is 0.0825. The van der Waals surface area contributed by atoms with Crippen LogP contribution in [0.5, 0.6) is 5.75 Å². The molecule has 1 atom stereocenters. The van der Waals surface area contributed by atoms with Crippen molar-refractivity contribution in [1.29, 1.82) is 0 Å². The largest absolute Gasteiger partial charge is 0.472 e. The molecule has 0 saturated carbocycles. The van der Waals surface area contributed by atoms with E-state index in [2.05, 4.69) is 0 Å². The maximum atomic E-state index is 12.6. The van der Waals surface area contributed by atoms with Crippen LogP contribution in [0.2, 0.25) is 0 Å². The Kier molecular flexibility index (Phi) is 5.41. The van der Waals surface area contributed by atoms with E-state index >= 15 is 0 Å². The van der Waals surface area contributed by atoms with Gasteiger partial charge in [0.05, 0.1) is 12.2 Å². The molecule has 1 saturated heterocycles. The molecule has 4 rings (SSSR count). The Morgan fingerprint density at radius 3 is 2.72 bits per heavy atom. The van der Waals surface area contributed by atoms with E-state index in [1.807, 2.05) is 30.3 Å². The molecule has 0 bridgehead atoms. The molecular formula is C20H19N3O5S. The number of rotatable bonds is 6. The second-order valence-corrected chi connectivity index (χ2v) is 7.58. The Morgan fingerprint density at radius 2 is 1.93 bits per heavy atom. The molecule has 9 heteroatoms. The Hall–Kier alpha value is -3.04. The molecule has 2 N–H and O–H groups in total.